The van der Waals surface area contributed by atoms with E-state index >= 15 is 0 Å². The van der Waals surface area contributed by atoms with Gasteiger partial charge in [-0.3, -0.25) is 9.59 Å². The first-order chi connectivity index (χ1) is 11.6. The minimum atomic E-state index is -0.783. The van der Waals surface area contributed by atoms with E-state index in [1.54, 1.807) is 11.0 Å². The molecule has 24 heavy (non-hydrogen) atoms. The van der Waals surface area contributed by atoms with Crippen molar-refractivity contribution in [2.45, 2.75) is 32.6 Å². The zero-order chi connectivity index (χ0) is 17.4. The van der Waals surface area contributed by atoms with Gasteiger partial charge in [0.2, 0.25) is 0 Å². The third-order valence-electron chi connectivity index (χ3n) is 4.14. The first-order valence-electron chi connectivity index (χ1n) is 8.44. The lowest BCUT2D eigenvalue weighted by atomic mass is 9.93. The van der Waals surface area contributed by atoms with Crippen LogP contribution in [0.3, 0.4) is 0 Å². The van der Waals surface area contributed by atoms with Crippen molar-refractivity contribution < 1.29 is 24.2 Å². The van der Waals surface area contributed by atoms with Crippen molar-refractivity contribution in [1.82, 2.24) is 4.90 Å². The van der Waals surface area contributed by atoms with Crippen LogP contribution in [0, 0.1) is 5.92 Å². The molecule has 1 N–H and O–H groups in total. The van der Waals surface area contributed by atoms with Gasteiger partial charge in [-0.1, -0.05) is 12.1 Å². The van der Waals surface area contributed by atoms with E-state index in [4.69, 9.17) is 14.6 Å². The average molecular weight is 335 g/mol. The second-order valence-electron chi connectivity index (χ2n) is 5.95. The van der Waals surface area contributed by atoms with E-state index in [-0.39, 0.29) is 24.9 Å². The summed E-state index contributed by atoms with van der Waals surface area (Å²) in [4.78, 5) is 24.8. The van der Waals surface area contributed by atoms with Gasteiger partial charge in [0.15, 0.2) is 18.1 Å². The second kappa shape index (κ2) is 9.15. The molecule has 132 valence electrons. The Labute approximate surface area is 142 Å². The Morgan fingerprint density at radius 3 is 2.62 bits per heavy atom. The van der Waals surface area contributed by atoms with Crippen molar-refractivity contribution in [2.24, 2.45) is 5.92 Å². The number of amides is 1. The van der Waals surface area contributed by atoms with E-state index in [0.29, 0.717) is 37.6 Å². The highest BCUT2D eigenvalue weighted by atomic mass is 16.5. The van der Waals surface area contributed by atoms with Crippen LogP contribution in [0.5, 0.6) is 11.5 Å². The monoisotopic (exact) mass is 335 g/mol. The predicted molar refractivity (Wildman–Crippen MR) is 89.3 cm³/mol. The molecule has 1 aromatic carbocycles. The van der Waals surface area contributed by atoms with Crippen LogP contribution in [-0.4, -0.2) is 48.2 Å². The lowest BCUT2D eigenvalue weighted by Crippen LogP contribution is -2.42. The van der Waals surface area contributed by atoms with Crippen molar-refractivity contribution >= 4 is 11.9 Å². The number of carboxylic acids is 1. The molecule has 6 heteroatoms. The van der Waals surface area contributed by atoms with Crippen molar-refractivity contribution in [3.8, 4) is 11.5 Å². The Hall–Kier alpha value is -2.24. The summed E-state index contributed by atoms with van der Waals surface area (Å²) >= 11 is 0. The SMILES string of the molecule is CCOc1ccccc1OCC(=O)N1CCCC(CCC(=O)O)C1. The Bertz CT molecular complexity index is 560. The molecule has 1 atom stereocenters. The maximum absolute atomic E-state index is 12.4. The van der Waals surface area contributed by atoms with Crippen LogP contribution in [0.1, 0.15) is 32.6 Å². The van der Waals surface area contributed by atoms with Crippen LogP contribution >= 0.6 is 0 Å². The number of carbonyl (C=O) groups is 2. The van der Waals surface area contributed by atoms with Gasteiger partial charge in [-0.2, -0.15) is 0 Å². The molecule has 0 spiro atoms. The fourth-order valence-electron chi connectivity index (χ4n) is 2.93. The van der Waals surface area contributed by atoms with Gasteiger partial charge in [0.05, 0.1) is 6.61 Å². The molecule has 2 rings (SSSR count). The van der Waals surface area contributed by atoms with Crippen LogP contribution in [-0.2, 0) is 9.59 Å². The third kappa shape index (κ3) is 5.44. The molecule has 1 aliphatic heterocycles. The Morgan fingerprint density at radius 2 is 1.96 bits per heavy atom. The predicted octanol–water partition coefficient (Wildman–Crippen LogP) is 2.57. The van der Waals surface area contributed by atoms with Gasteiger partial charge in [-0.15, -0.1) is 0 Å². The van der Waals surface area contributed by atoms with Crippen LogP contribution in [0.2, 0.25) is 0 Å². The summed E-state index contributed by atoms with van der Waals surface area (Å²) in [7, 11) is 0. The van der Waals surface area contributed by atoms with Gasteiger partial charge in [0, 0.05) is 19.5 Å². The maximum Gasteiger partial charge on any atom is 0.303 e. The number of carbonyl (C=O) groups excluding carboxylic acids is 1. The number of rotatable bonds is 8. The largest absolute Gasteiger partial charge is 0.490 e. The molecule has 1 saturated heterocycles. The zero-order valence-corrected chi connectivity index (χ0v) is 14.1. The third-order valence-corrected chi connectivity index (χ3v) is 4.14. The number of nitrogens with zero attached hydrogens (tertiary/aromatic N) is 1. The molecule has 0 aliphatic carbocycles. The van der Waals surface area contributed by atoms with E-state index in [1.165, 1.54) is 0 Å². The Kier molecular flexibility index (Phi) is 6.90. The van der Waals surface area contributed by atoms with Gasteiger partial charge in [-0.05, 0) is 44.2 Å². The number of hydrogen-bond donors (Lipinski definition) is 1. The number of piperidine rings is 1. The molecular weight excluding hydrogens is 310 g/mol. The number of aliphatic carboxylic acids is 1. The van der Waals surface area contributed by atoms with Crippen LogP contribution in [0.15, 0.2) is 24.3 Å². The Morgan fingerprint density at radius 1 is 1.25 bits per heavy atom. The molecule has 6 nitrogen and oxygen atoms in total. The number of para-hydroxylation sites is 2. The molecule has 0 radical (unpaired) electrons. The van der Waals surface area contributed by atoms with E-state index < -0.39 is 5.97 Å². The van der Waals surface area contributed by atoms with Gasteiger partial charge in [0.25, 0.3) is 5.91 Å². The summed E-state index contributed by atoms with van der Waals surface area (Å²) < 4.78 is 11.1. The topological polar surface area (TPSA) is 76.1 Å². The minimum Gasteiger partial charge on any atom is -0.490 e. The molecular formula is C18H25NO5. The summed E-state index contributed by atoms with van der Waals surface area (Å²) in [6, 6.07) is 7.29. The first-order valence-corrected chi connectivity index (χ1v) is 8.44. The van der Waals surface area contributed by atoms with E-state index in [1.807, 2.05) is 25.1 Å². The fourth-order valence-corrected chi connectivity index (χ4v) is 2.93. The normalized spacial score (nSPS) is 17.4. The number of likely N-dealkylation sites (tertiary alicyclic amines) is 1. The lowest BCUT2D eigenvalue weighted by Gasteiger charge is -2.32. The molecule has 1 heterocycles. The highest BCUT2D eigenvalue weighted by molar-refractivity contribution is 5.78. The van der Waals surface area contributed by atoms with Crippen molar-refractivity contribution in [3.05, 3.63) is 24.3 Å². The van der Waals surface area contributed by atoms with Gasteiger partial charge >= 0.3 is 5.97 Å². The molecule has 0 saturated carbocycles. The second-order valence-corrected chi connectivity index (χ2v) is 5.95. The fraction of sp³-hybridized carbons (Fsp3) is 0.556. The van der Waals surface area contributed by atoms with Gasteiger partial charge < -0.3 is 19.5 Å². The molecule has 1 fully saturated rings. The number of benzene rings is 1. The van der Waals surface area contributed by atoms with Crippen molar-refractivity contribution in [3.63, 3.8) is 0 Å². The van der Waals surface area contributed by atoms with Crippen LogP contribution in [0.25, 0.3) is 0 Å². The molecule has 1 aromatic rings. The minimum absolute atomic E-state index is 0.0320. The number of hydrogen-bond acceptors (Lipinski definition) is 4. The average Bonchev–Trinajstić information content (AvgIpc) is 2.59. The zero-order valence-electron chi connectivity index (χ0n) is 14.1. The van der Waals surface area contributed by atoms with Crippen molar-refractivity contribution in [1.29, 1.82) is 0 Å². The molecule has 0 bridgehead atoms. The van der Waals surface area contributed by atoms with E-state index in [0.717, 1.165) is 12.8 Å². The molecule has 0 aromatic heterocycles. The smallest absolute Gasteiger partial charge is 0.303 e. The molecule has 1 amide bonds. The summed E-state index contributed by atoms with van der Waals surface area (Å²) in [5.41, 5.74) is 0. The Balaban J connectivity index is 1.84. The highest BCUT2D eigenvalue weighted by Gasteiger charge is 2.24. The summed E-state index contributed by atoms with van der Waals surface area (Å²) in [6.07, 6.45) is 2.66. The highest BCUT2D eigenvalue weighted by Crippen LogP contribution is 2.26. The van der Waals surface area contributed by atoms with Crippen LogP contribution < -0.4 is 9.47 Å². The maximum atomic E-state index is 12.4. The van der Waals surface area contributed by atoms with E-state index in [2.05, 4.69) is 0 Å². The number of carboxylic acid groups (broad SMARTS) is 1. The van der Waals surface area contributed by atoms with E-state index in [9.17, 15) is 9.59 Å². The summed E-state index contributed by atoms with van der Waals surface area (Å²) in [6.45, 7) is 3.72. The molecule has 1 unspecified atom stereocenters. The first kappa shape index (κ1) is 18.1. The summed E-state index contributed by atoms with van der Waals surface area (Å²) in [5.74, 6) is 0.600. The van der Waals surface area contributed by atoms with Crippen molar-refractivity contribution in [2.75, 3.05) is 26.3 Å². The number of ether oxygens (including phenoxy) is 2. The summed E-state index contributed by atoms with van der Waals surface area (Å²) in [5, 5.41) is 8.79. The quantitative estimate of drug-likeness (QED) is 0.790. The standard InChI is InChI=1S/C18H25NO5/c1-2-23-15-7-3-4-8-16(15)24-13-17(20)19-11-5-6-14(12-19)9-10-18(21)22/h3-4,7-8,14H,2,5-6,9-13H2,1H3,(H,21,22). The lowest BCUT2D eigenvalue weighted by molar-refractivity contribution is -0.137. The molecule has 1 aliphatic rings. The van der Waals surface area contributed by atoms with Gasteiger partial charge in [-0.25, -0.2) is 0 Å². The van der Waals surface area contributed by atoms with Gasteiger partial charge in [0.1, 0.15) is 0 Å². The van der Waals surface area contributed by atoms with Crippen LogP contribution in [0.4, 0.5) is 0 Å².